The Labute approximate surface area is 87.6 Å². The first kappa shape index (κ1) is 11.4. The Bertz CT molecular complexity index is 316. The van der Waals surface area contributed by atoms with E-state index in [-0.39, 0.29) is 6.04 Å². The van der Waals surface area contributed by atoms with Gasteiger partial charge in [0, 0.05) is 0 Å². The fourth-order valence-electron chi connectivity index (χ4n) is 0.902. The van der Waals surface area contributed by atoms with Gasteiger partial charge in [-0.3, -0.25) is 0 Å². The Morgan fingerprint density at radius 3 is 2.67 bits per heavy atom. The molecule has 1 aromatic rings. The zero-order valence-electron chi connectivity index (χ0n) is 9.24. The highest BCUT2D eigenvalue weighted by Crippen LogP contribution is 2.09. The molecule has 0 aliphatic rings. The maximum Gasteiger partial charge on any atom is 0.408 e. The maximum absolute atomic E-state index is 11.3. The van der Waals surface area contributed by atoms with Crippen molar-refractivity contribution in [3.8, 4) is 0 Å². The van der Waals surface area contributed by atoms with Crippen molar-refractivity contribution < 1.29 is 9.53 Å². The van der Waals surface area contributed by atoms with Gasteiger partial charge in [0.25, 0.3) is 0 Å². The van der Waals surface area contributed by atoms with E-state index in [4.69, 9.17) is 4.74 Å². The number of amides is 1. The largest absolute Gasteiger partial charge is 0.444 e. The average molecular weight is 213 g/mol. The summed E-state index contributed by atoms with van der Waals surface area (Å²) in [7, 11) is 0. The predicted molar refractivity (Wildman–Crippen MR) is 52.0 cm³/mol. The van der Waals surface area contributed by atoms with Gasteiger partial charge in [0.05, 0.1) is 6.04 Å². The van der Waals surface area contributed by atoms with E-state index in [0.29, 0.717) is 5.82 Å². The number of ether oxygens (including phenoxy) is 1. The van der Waals surface area contributed by atoms with Crippen molar-refractivity contribution in [3.05, 3.63) is 5.82 Å². The summed E-state index contributed by atoms with van der Waals surface area (Å²) >= 11 is 0. The van der Waals surface area contributed by atoms with Gasteiger partial charge in [-0.1, -0.05) is 5.21 Å². The SMILES string of the molecule is CC(NC(=O)OC(C)(C)C)c1nn[nH]n1. The van der Waals surface area contributed by atoms with Gasteiger partial charge in [-0.25, -0.2) is 4.79 Å². The summed E-state index contributed by atoms with van der Waals surface area (Å²) in [5, 5.41) is 15.8. The average Bonchev–Trinajstić information content (AvgIpc) is 2.50. The molecule has 1 atom stereocenters. The minimum atomic E-state index is -0.513. The molecule has 7 nitrogen and oxygen atoms in total. The molecule has 0 aromatic carbocycles. The molecular formula is C8H15N5O2. The summed E-state index contributed by atoms with van der Waals surface area (Å²) in [5.74, 6) is 0.417. The number of aromatic amines is 1. The van der Waals surface area contributed by atoms with E-state index in [1.807, 2.05) is 0 Å². The molecule has 84 valence electrons. The first-order chi connectivity index (χ1) is 6.88. The Morgan fingerprint density at radius 2 is 2.20 bits per heavy atom. The molecule has 1 amide bonds. The highest BCUT2D eigenvalue weighted by atomic mass is 16.6. The second-order valence-electron chi connectivity index (χ2n) is 4.14. The van der Waals surface area contributed by atoms with Gasteiger partial charge in [-0.05, 0) is 27.7 Å². The van der Waals surface area contributed by atoms with Gasteiger partial charge < -0.3 is 10.1 Å². The van der Waals surface area contributed by atoms with Crippen molar-refractivity contribution in [3.63, 3.8) is 0 Å². The summed E-state index contributed by atoms with van der Waals surface area (Å²) in [6.07, 6.45) is -0.500. The van der Waals surface area contributed by atoms with E-state index in [9.17, 15) is 4.79 Å². The molecular weight excluding hydrogens is 198 g/mol. The quantitative estimate of drug-likeness (QED) is 0.757. The van der Waals surface area contributed by atoms with Crippen LogP contribution in [0.15, 0.2) is 0 Å². The summed E-state index contributed by atoms with van der Waals surface area (Å²) in [4.78, 5) is 11.3. The minimum absolute atomic E-state index is 0.335. The molecule has 0 aliphatic carbocycles. The summed E-state index contributed by atoms with van der Waals surface area (Å²) < 4.78 is 5.07. The van der Waals surface area contributed by atoms with Crippen LogP contribution in [0.2, 0.25) is 0 Å². The topological polar surface area (TPSA) is 92.8 Å². The highest BCUT2D eigenvalue weighted by molar-refractivity contribution is 5.68. The van der Waals surface area contributed by atoms with E-state index in [0.717, 1.165) is 0 Å². The van der Waals surface area contributed by atoms with Crippen LogP contribution in [0.4, 0.5) is 4.79 Å². The van der Waals surface area contributed by atoms with Gasteiger partial charge in [-0.15, -0.1) is 10.2 Å². The molecule has 7 heteroatoms. The maximum atomic E-state index is 11.3. The van der Waals surface area contributed by atoms with Crippen molar-refractivity contribution in [2.24, 2.45) is 0 Å². The van der Waals surface area contributed by atoms with E-state index in [1.165, 1.54) is 0 Å². The summed E-state index contributed by atoms with van der Waals surface area (Å²) in [5.41, 5.74) is -0.513. The number of carbonyl (C=O) groups is 1. The normalized spacial score (nSPS) is 13.3. The lowest BCUT2D eigenvalue weighted by Crippen LogP contribution is -2.34. The molecule has 0 spiro atoms. The van der Waals surface area contributed by atoms with Crippen LogP contribution in [0.1, 0.15) is 39.6 Å². The fourth-order valence-corrected chi connectivity index (χ4v) is 0.902. The molecule has 15 heavy (non-hydrogen) atoms. The molecule has 0 bridgehead atoms. The van der Waals surface area contributed by atoms with Crippen molar-refractivity contribution in [1.29, 1.82) is 0 Å². The van der Waals surface area contributed by atoms with Crippen LogP contribution in [0, 0.1) is 0 Å². The van der Waals surface area contributed by atoms with Crippen LogP contribution in [-0.4, -0.2) is 32.3 Å². The Balaban J connectivity index is 2.45. The standard InChI is InChI=1S/C8H15N5O2/c1-5(6-10-12-13-11-6)9-7(14)15-8(2,3)4/h5H,1-4H3,(H,9,14)(H,10,11,12,13). The number of aromatic nitrogens is 4. The van der Waals surface area contributed by atoms with Crippen molar-refractivity contribution in [2.45, 2.75) is 39.3 Å². The number of hydrogen-bond acceptors (Lipinski definition) is 5. The third-order valence-electron chi connectivity index (χ3n) is 1.48. The number of H-pyrrole nitrogens is 1. The van der Waals surface area contributed by atoms with Crippen LogP contribution in [0.3, 0.4) is 0 Å². The number of carbonyl (C=O) groups excluding carboxylic acids is 1. The van der Waals surface area contributed by atoms with Crippen molar-refractivity contribution >= 4 is 6.09 Å². The zero-order valence-corrected chi connectivity index (χ0v) is 9.24. The second kappa shape index (κ2) is 4.24. The number of alkyl carbamates (subject to hydrolysis) is 1. The van der Waals surface area contributed by atoms with Crippen LogP contribution in [0.25, 0.3) is 0 Å². The first-order valence-electron chi connectivity index (χ1n) is 4.61. The van der Waals surface area contributed by atoms with Crippen LogP contribution < -0.4 is 5.32 Å². The van der Waals surface area contributed by atoms with E-state index >= 15 is 0 Å². The molecule has 0 saturated carbocycles. The lowest BCUT2D eigenvalue weighted by Gasteiger charge is -2.20. The van der Waals surface area contributed by atoms with Crippen molar-refractivity contribution in [1.82, 2.24) is 25.9 Å². The first-order valence-corrected chi connectivity index (χ1v) is 4.61. The number of tetrazole rings is 1. The van der Waals surface area contributed by atoms with E-state index < -0.39 is 11.7 Å². The molecule has 1 aromatic heterocycles. The lowest BCUT2D eigenvalue weighted by atomic mass is 10.2. The number of nitrogens with zero attached hydrogens (tertiary/aromatic N) is 3. The third-order valence-corrected chi connectivity index (χ3v) is 1.48. The number of rotatable bonds is 2. The molecule has 1 unspecified atom stereocenters. The molecule has 0 aliphatic heterocycles. The second-order valence-corrected chi connectivity index (χ2v) is 4.14. The molecule has 0 radical (unpaired) electrons. The highest BCUT2D eigenvalue weighted by Gasteiger charge is 2.19. The smallest absolute Gasteiger partial charge is 0.408 e. The number of nitrogens with one attached hydrogen (secondary N) is 2. The monoisotopic (exact) mass is 213 g/mol. The molecule has 2 N–H and O–H groups in total. The van der Waals surface area contributed by atoms with Crippen molar-refractivity contribution in [2.75, 3.05) is 0 Å². The van der Waals surface area contributed by atoms with Gasteiger partial charge >= 0.3 is 6.09 Å². The predicted octanol–water partition coefficient (Wildman–Crippen LogP) is 0.785. The summed E-state index contributed by atoms with van der Waals surface area (Å²) in [6, 6.07) is -0.335. The van der Waals surface area contributed by atoms with E-state index in [2.05, 4.69) is 25.9 Å². The zero-order chi connectivity index (χ0) is 11.5. The molecule has 0 fully saturated rings. The third kappa shape index (κ3) is 3.92. The molecule has 0 saturated heterocycles. The van der Waals surface area contributed by atoms with Gasteiger partial charge in [-0.2, -0.15) is 5.21 Å². The Morgan fingerprint density at radius 1 is 1.53 bits per heavy atom. The van der Waals surface area contributed by atoms with Gasteiger partial charge in [0.2, 0.25) is 0 Å². The van der Waals surface area contributed by atoms with Crippen LogP contribution in [0.5, 0.6) is 0 Å². The Hall–Kier alpha value is -1.66. The van der Waals surface area contributed by atoms with E-state index in [1.54, 1.807) is 27.7 Å². The van der Waals surface area contributed by atoms with Crippen LogP contribution >= 0.6 is 0 Å². The fraction of sp³-hybridized carbons (Fsp3) is 0.750. The number of hydrogen-bond donors (Lipinski definition) is 2. The van der Waals surface area contributed by atoms with Gasteiger partial charge in [0.15, 0.2) is 5.82 Å². The Kier molecular flexibility index (Phi) is 3.23. The lowest BCUT2D eigenvalue weighted by molar-refractivity contribution is 0.0506. The minimum Gasteiger partial charge on any atom is -0.444 e. The summed E-state index contributed by atoms with van der Waals surface area (Å²) in [6.45, 7) is 7.14. The molecule has 1 heterocycles. The van der Waals surface area contributed by atoms with Crippen LogP contribution in [-0.2, 0) is 4.74 Å². The van der Waals surface area contributed by atoms with Gasteiger partial charge in [0.1, 0.15) is 5.60 Å². The molecule has 1 rings (SSSR count).